The molecule has 1 fully saturated rings. The molecule has 2 amide bonds. The van der Waals surface area contributed by atoms with Gasteiger partial charge in [0.2, 0.25) is 17.8 Å². The number of carbonyl (C=O) groups is 2. The van der Waals surface area contributed by atoms with Crippen LogP contribution in [0, 0.1) is 0 Å². The molecule has 2 N–H and O–H groups in total. The number of ether oxygens (including phenoxy) is 1. The lowest BCUT2D eigenvalue weighted by Gasteiger charge is -2.32. The molecule has 134 valence electrons. The number of rotatable bonds is 4. The van der Waals surface area contributed by atoms with Gasteiger partial charge in [0.1, 0.15) is 11.8 Å². The zero-order valence-electron chi connectivity index (χ0n) is 14.5. The van der Waals surface area contributed by atoms with E-state index < -0.39 is 6.04 Å². The third-order valence-corrected chi connectivity index (χ3v) is 4.31. The number of nitrogens with one attached hydrogen (secondary N) is 2. The molecule has 1 atom stereocenters. The van der Waals surface area contributed by atoms with Gasteiger partial charge in [-0.15, -0.1) is 0 Å². The topological polar surface area (TPSA) is 83.0 Å². The van der Waals surface area contributed by atoms with Crippen LogP contribution in [-0.4, -0.2) is 48.4 Å². The number of anilines is 1. The quantitative estimate of drug-likeness (QED) is 0.872. The van der Waals surface area contributed by atoms with Crippen LogP contribution in [-0.2, 0) is 9.59 Å². The van der Waals surface area contributed by atoms with Crippen molar-refractivity contribution in [3.05, 3.63) is 24.3 Å². The summed E-state index contributed by atoms with van der Waals surface area (Å²) in [5.41, 5.74) is 0.593. The Labute approximate surface area is 147 Å². The van der Waals surface area contributed by atoms with E-state index in [1.165, 1.54) is 6.42 Å². The van der Waals surface area contributed by atoms with Crippen LogP contribution in [0.4, 0.5) is 5.69 Å². The van der Waals surface area contributed by atoms with Crippen LogP contribution in [0.2, 0.25) is 0 Å². The number of amides is 2. The minimum absolute atomic E-state index is 0.0555. The third-order valence-electron chi connectivity index (χ3n) is 4.31. The number of carbonyl (C=O) groups excluding carboxylic acids is 2. The number of guanidine groups is 1. The summed E-state index contributed by atoms with van der Waals surface area (Å²) in [5, 5.41) is 5.64. The number of hydrogen-bond donors (Lipinski definition) is 2. The fraction of sp³-hybridized carbons (Fsp3) is 0.500. The van der Waals surface area contributed by atoms with Crippen molar-refractivity contribution >= 4 is 23.5 Å². The molecule has 0 radical (unpaired) electrons. The molecule has 2 aliphatic heterocycles. The van der Waals surface area contributed by atoms with Gasteiger partial charge in [0.05, 0.1) is 18.7 Å². The van der Waals surface area contributed by atoms with Gasteiger partial charge in [-0.1, -0.05) is 12.1 Å². The summed E-state index contributed by atoms with van der Waals surface area (Å²) in [4.78, 5) is 31.2. The molecular weight excluding hydrogens is 320 g/mol. The highest BCUT2D eigenvalue weighted by Crippen LogP contribution is 2.24. The average molecular weight is 344 g/mol. The maximum atomic E-state index is 12.6. The van der Waals surface area contributed by atoms with Crippen molar-refractivity contribution in [1.29, 1.82) is 0 Å². The Hall–Kier alpha value is -2.57. The second kappa shape index (κ2) is 8.00. The van der Waals surface area contributed by atoms with E-state index >= 15 is 0 Å². The number of likely N-dealkylation sites (tertiary alicyclic amines) is 1. The Morgan fingerprint density at radius 1 is 1.32 bits per heavy atom. The fourth-order valence-corrected chi connectivity index (χ4v) is 3.06. The van der Waals surface area contributed by atoms with Crippen LogP contribution in [0.15, 0.2) is 29.3 Å². The molecule has 0 aromatic heterocycles. The summed E-state index contributed by atoms with van der Waals surface area (Å²) in [7, 11) is 0. The second-order valence-corrected chi connectivity index (χ2v) is 6.19. The monoisotopic (exact) mass is 344 g/mol. The van der Waals surface area contributed by atoms with E-state index in [0.29, 0.717) is 24.0 Å². The number of aliphatic imine (C=N–C) groups is 1. The van der Waals surface area contributed by atoms with Crippen LogP contribution in [0.5, 0.6) is 5.75 Å². The van der Waals surface area contributed by atoms with Crippen LogP contribution >= 0.6 is 0 Å². The Kier molecular flexibility index (Phi) is 5.53. The molecule has 7 heteroatoms. The Morgan fingerprint density at radius 3 is 2.84 bits per heavy atom. The summed E-state index contributed by atoms with van der Waals surface area (Å²) >= 11 is 0. The molecule has 0 saturated carbocycles. The first kappa shape index (κ1) is 17.3. The maximum Gasteiger partial charge on any atom is 0.249 e. The fourth-order valence-electron chi connectivity index (χ4n) is 3.06. The van der Waals surface area contributed by atoms with E-state index in [2.05, 4.69) is 20.5 Å². The van der Waals surface area contributed by atoms with Gasteiger partial charge in [0.15, 0.2) is 0 Å². The number of benzene rings is 1. The predicted molar refractivity (Wildman–Crippen MR) is 95.6 cm³/mol. The zero-order valence-corrected chi connectivity index (χ0v) is 14.5. The molecular formula is C18H24N4O3. The van der Waals surface area contributed by atoms with Crippen LogP contribution in [0.1, 0.15) is 32.6 Å². The van der Waals surface area contributed by atoms with Crippen molar-refractivity contribution in [2.24, 2.45) is 4.99 Å². The molecule has 2 aliphatic rings. The van der Waals surface area contributed by atoms with Crippen molar-refractivity contribution in [2.45, 2.75) is 38.6 Å². The molecule has 0 aliphatic carbocycles. The predicted octanol–water partition coefficient (Wildman–Crippen LogP) is 1.75. The highest BCUT2D eigenvalue weighted by Gasteiger charge is 2.30. The van der Waals surface area contributed by atoms with E-state index in [-0.39, 0.29) is 18.2 Å². The zero-order chi connectivity index (χ0) is 17.6. The second-order valence-electron chi connectivity index (χ2n) is 6.19. The van der Waals surface area contributed by atoms with Crippen molar-refractivity contribution < 1.29 is 14.3 Å². The standard InChI is InChI=1S/C18H24N4O3/c1-2-25-15-9-5-4-8-13(15)19-17(24)14-12-16(23)21-18(20-14)22-10-6-3-7-11-22/h4-5,8-9,14H,2-3,6-7,10-12H2,1H3,(H,19,24)(H,20,21,23). The average Bonchev–Trinajstić information content (AvgIpc) is 2.64. The molecule has 2 heterocycles. The first-order valence-electron chi connectivity index (χ1n) is 8.82. The summed E-state index contributed by atoms with van der Waals surface area (Å²) in [6.45, 7) is 4.12. The van der Waals surface area contributed by atoms with E-state index in [9.17, 15) is 9.59 Å². The van der Waals surface area contributed by atoms with Gasteiger partial charge < -0.3 is 15.0 Å². The SMILES string of the molecule is CCOc1ccccc1NC(=O)C1CC(=O)NC(N2CCCCC2)=N1. The van der Waals surface area contributed by atoms with Crippen molar-refractivity contribution in [3.8, 4) is 5.75 Å². The Bertz CT molecular complexity index is 668. The first-order chi connectivity index (χ1) is 12.2. The van der Waals surface area contributed by atoms with Gasteiger partial charge >= 0.3 is 0 Å². The Balaban J connectivity index is 1.73. The summed E-state index contributed by atoms with van der Waals surface area (Å²) in [6.07, 6.45) is 3.40. The third kappa shape index (κ3) is 4.29. The smallest absolute Gasteiger partial charge is 0.249 e. The van der Waals surface area contributed by atoms with Crippen molar-refractivity contribution in [3.63, 3.8) is 0 Å². The van der Waals surface area contributed by atoms with E-state index in [1.807, 2.05) is 19.1 Å². The number of nitrogens with zero attached hydrogens (tertiary/aromatic N) is 2. The molecule has 1 aromatic carbocycles. The highest BCUT2D eigenvalue weighted by molar-refractivity contribution is 6.06. The van der Waals surface area contributed by atoms with E-state index in [4.69, 9.17) is 4.74 Å². The lowest BCUT2D eigenvalue weighted by Crippen LogP contribution is -2.51. The molecule has 0 spiro atoms. The lowest BCUT2D eigenvalue weighted by molar-refractivity contribution is -0.125. The molecule has 7 nitrogen and oxygen atoms in total. The molecule has 3 rings (SSSR count). The molecule has 1 aromatic rings. The highest BCUT2D eigenvalue weighted by atomic mass is 16.5. The summed E-state index contributed by atoms with van der Waals surface area (Å²) in [5.74, 6) is 0.665. The van der Waals surface area contributed by atoms with Crippen molar-refractivity contribution in [1.82, 2.24) is 10.2 Å². The first-order valence-corrected chi connectivity index (χ1v) is 8.82. The molecule has 1 unspecified atom stereocenters. The lowest BCUT2D eigenvalue weighted by atomic mass is 10.1. The Morgan fingerprint density at radius 2 is 2.08 bits per heavy atom. The largest absolute Gasteiger partial charge is 0.492 e. The number of hydrogen-bond acceptors (Lipinski definition) is 5. The molecule has 1 saturated heterocycles. The van der Waals surface area contributed by atoms with Gasteiger partial charge in [0.25, 0.3) is 0 Å². The van der Waals surface area contributed by atoms with Crippen LogP contribution in [0.3, 0.4) is 0 Å². The van der Waals surface area contributed by atoms with E-state index in [0.717, 1.165) is 25.9 Å². The molecule has 25 heavy (non-hydrogen) atoms. The minimum Gasteiger partial charge on any atom is -0.492 e. The van der Waals surface area contributed by atoms with Gasteiger partial charge in [-0.25, -0.2) is 4.99 Å². The van der Waals surface area contributed by atoms with Gasteiger partial charge in [0, 0.05) is 13.1 Å². The number of piperidine rings is 1. The van der Waals surface area contributed by atoms with Gasteiger partial charge in [-0.2, -0.15) is 0 Å². The van der Waals surface area contributed by atoms with Gasteiger partial charge in [-0.05, 0) is 38.3 Å². The summed E-state index contributed by atoms with van der Waals surface area (Å²) in [6, 6.07) is 6.53. The number of para-hydroxylation sites is 2. The minimum atomic E-state index is -0.722. The van der Waals surface area contributed by atoms with E-state index in [1.54, 1.807) is 12.1 Å². The summed E-state index contributed by atoms with van der Waals surface area (Å²) < 4.78 is 5.52. The normalized spacial score (nSPS) is 20.5. The van der Waals surface area contributed by atoms with Crippen molar-refractivity contribution in [2.75, 3.05) is 25.0 Å². The van der Waals surface area contributed by atoms with Crippen LogP contribution < -0.4 is 15.4 Å². The maximum absolute atomic E-state index is 12.6. The molecule has 0 bridgehead atoms. The van der Waals surface area contributed by atoms with Gasteiger partial charge in [-0.3, -0.25) is 14.9 Å². The van der Waals surface area contributed by atoms with Crippen LogP contribution in [0.25, 0.3) is 0 Å².